The Morgan fingerprint density at radius 2 is 1.79 bits per heavy atom. The zero-order valence-corrected chi connectivity index (χ0v) is 12.3. The van der Waals surface area contributed by atoms with Gasteiger partial charge in [-0.1, -0.05) is 24.4 Å². The van der Waals surface area contributed by atoms with Crippen LogP contribution in [0.5, 0.6) is 5.75 Å². The maximum atomic E-state index is 5.95. The normalized spacial score (nSPS) is 19.1. The summed E-state index contributed by atoms with van der Waals surface area (Å²) in [6, 6.07) is 8.02. The molecule has 5 heteroatoms. The van der Waals surface area contributed by atoms with Gasteiger partial charge in [0.05, 0.1) is 18.1 Å². The van der Waals surface area contributed by atoms with Crippen LogP contribution in [0.15, 0.2) is 24.3 Å². The number of rotatable bonds is 4. The molecule has 0 radical (unpaired) electrons. The topological polar surface area (TPSA) is 41.7 Å². The second-order valence-corrected chi connectivity index (χ2v) is 5.39. The smallest absolute Gasteiger partial charge is 0.118 e. The Kier molecular flexibility index (Phi) is 4.74. The Morgan fingerprint density at radius 3 is 2.26 bits per heavy atom. The van der Waals surface area contributed by atoms with E-state index < -0.39 is 0 Å². The van der Waals surface area contributed by atoms with E-state index in [9.17, 15) is 0 Å². The molecule has 1 aromatic carbocycles. The number of nitrogens with two attached hydrogens (primary N) is 1. The van der Waals surface area contributed by atoms with Crippen molar-refractivity contribution >= 4 is 17.2 Å². The molecule has 2 N–H and O–H groups in total. The maximum Gasteiger partial charge on any atom is 0.118 e. The maximum absolute atomic E-state index is 5.95. The summed E-state index contributed by atoms with van der Waals surface area (Å²) in [4.78, 5) is 5.21. The SMILES string of the molecule is COc1ccc(C(C(N)=S)N2CCN(C)CC2)cc1. The monoisotopic (exact) mass is 279 g/mol. The molecule has 19 heavy (non-hydrogen) atoms. The van der Waals surface area contributed by atoms with Crippen LogP contribution in [0, 0.1) is 0 Å². The summed E-state index contributed by atoms with van der Waals surface area (Å²) in [7, 11) is 3.81. The molecule has 104 valence electrons. The molecule has 2 rings (SSSR count). The zero-order chi connectivity index (χ0) is 13.8. The van der Waals surface area contributed by atoms with Crippen LogP contribution in [0.3, 0.4) is 0 Å². The first-order chi connectivity index (χ1) is 9.11. The summed E-state index contributed by atoms with van der Waals surface area (Å²) in [5.41, 5.74) is 7.09. The molecule has 0 aromatic heterocycles. The molecule has 1 aliphatic rings. The van der Waals surface area contributed by atoms with Gasteiger partial charge in [0, 0.05) is 26.2 Å². The number of ether oxygens (including phenoxy) is 1. The van der Waals surface area contributed by atoms with Crippen LogP contribution in [-0.4, -0.2) is 55.1 Å². The summed E-state index contributed by atoms with van der Waals surface area (Å²) in [6.07, 6.45) is 0. The fourth-order valence-corrected chi connectivity index (χ4v) is 2.71. The van der Waals surface area contributed by atoms with Crippen LogP contribution in [-0.2, 0) is 0 Å². The highest BCUT2D eigenvalue weighted by atomic mass is 32.1. The molecular formula is C14H21N3OS. The number of piperazine rings is 1. The van der Waals surface area contributed by atoms with Gasteiger partial charge in [0.25, 0.3) is 0 Å². The number of hydrogen-bond acceptors (Lipinski definition) is 4. The first-order valence-corrected chi connectivity index (χ1v) is 6.88. The van der Waals surface area contributed by atoms with Crippen molar-refractivity contribution in [2.75, 3.05) is 40.3 Å². The molecule has 1 atom stereocenters. The lowest BCUT2D eigenvalue weighted by Crippen LogP contribution is -2.48. The van der Waals surface area contributed by atoms with Crippen LogP contribution >= 0.6 is 12.2 Å². The first kappa shape index (κ1) is 14.2. The van der Waals surface area contributed by atoms with Crippen molar-refractivity contribution in [3.8, 4) is 5.75 Å². The lowest BCUT2D eigenvalue weighted by molar-refractivity contribution is 0.137. The number of thiocarbonyl (C=S) groups is 1. The Balaban J connectivity index is 2.17. The van der Waals surface area contributed by atoms with E-state index in [1.165, 1.54) is 0 Å². The Hall–Kier alpha value is -1.17. The van der Waals surface area contributed by atoms with Crippen molar-refractivity contribution in [2.24, 2.45) is 5.73 Å². The molecule has 0 bridgehead atoms. The van der Waals surface area contributed by atoms with Crippen LogP contribution < -0.4 is 10.5 Å². The van der Waals surface area contributed by atoms with Gasteiger partial charge in [-0.3, -0.25) is 4.90 Å². The van der Waals surface area contributed by atoms with E-state index in [4.69, 9.17) is 22.7 Å². The summed E-state index contributed by atoms with van der Waals surface area (Å²) in [6.45, 7) is 4.08. The van der Waals surface area contributed by atoms with E-state index in [2.05, 4.69) is 16.8 Å². The number of nitrogens with zero attached hydrogens (tertiary/aromatic N) is 2. The highest BCUT2D eigenvalue weighted by Gasteiger charge is 2.25. The minimum atomic E-state index is 0.0228. The summed E-state index contributed by atoms with van der Waals surface area (Å²) < 4.78 is 5.18. The van der Waals surface area contributed by atoms with Gasteiger partial charge in [-0.05, 0) is 24.7 Å². The van der Waals surface area contributed by atoms with E-state index in [1.54, 1.807) is 7.11 Å². The number of likely N-dealkylation sites (N-methyl/N-ethyl adjacent to an activating group) is 1. The quantitative estimate of drug-likeness (QED) is 0.841. The van der Waals surface area contributed by atoms with E-state index >= 15 is 0 Å². The van der Waals surface area contributed by atoms with Crippen LogP contribution in [0.2, 0.25) is 0 Å². The van der Waals surface area contributed by atoms with E-state index in [0.717, 1.165) is 37.5 Å². The molecule has 4 nitrogen and oxygen atoms in total. The number of methoxy groups -OCH3 is 1. The van der Waals surface area contributed by atoms with Gasteiger partial charge >= 0.3 is 0 Å². The van der Waals surface area contributed by atoms with Gasteiger partial charge in [-0.2, -0.15) is 0 Å². The van der Waals surface area contributed by atoms with Gasteiger partial charge in [-0.15, -0.1) is 0 Å². The van der Waals surface area contributed by atoms with Crippen molar-refractivity contribution in [2.45, 2.75) is 6.04 Å². The highest BCUT2D eigenvalue weighted by molar-refractivity contribution is 7.80. The standard InChI is InChI=1S/C14H21N3OS/c1-16-7-9-17(10-8-16)13(14(15)19)11-3-5-12(18-2)6-4-11/h3-6,13H,7-10H2,1-2H3,(H2,15,19). The Morgan fingerprint density at radius 1 is 1.21 bits per heavy atom. The summed E-state index contributed by atoms with van der Waals surface area (Å²) in [5.74, 6) is 0.851. The van der Waals surface area contributed by atoms with E-state index in [0.29, 0.717) is 4.99 Å². The van der Waals surface area contributed by atoms with Crippen LogP contribution in [0.1, 0.15) is 11.6 Å². The number of benzene rings is 1. The van der Waals surface area contributed by atoms with E-state index in [-0.39, 0.29) is 6.04 Å². The largest absolute Gasteiger partial charge is 0.497 e. The highest BCUT2D eigenvalue weighted by Crippen LogP contribution is 2.24. The van der Waals surface area contributed by atoms with Crippen LogP contribution in [0.25, 0.3) is 0 Å². The number of hydrogen-bond donors (Lipinski definition) is 1. The summed E-state index contributed by atoms with van der Waals surface area (Å²) >= 11 is 5.26. The molecular weight excluding hydrogens is 258 g/mol. The van der Waals surface area contributed by atoms with Crippen molar-refractivity contribution in [1.82, 2.24) is 9.80 Å². The predicted molar refractivity (Wildman–Crippen MR) is 81.6 cm³/mol. The zero-order valence-electron chi connectivity index (χ0n) is 11.5. The third kappa shape index (κ3) is 3.43. The van der Waals surface area contributed by atoms with Crippen molar-refractivity contribution in [3.05, 3.63) is 29.8 Å². The minimum Gasteiger partial charge on any atom is -0.497 e. The third-order valence-electron chi connectivity index (χ3n) is 3.60. The molecule has 1 fully saturated rings. The second kappa shape index (κ2) is 6.32. The molecule has 1 saturated heterocycles. The molecule has 0 amide bonds. The lowest BCUT2D eigenvalue weighted by Gasteiger charge is -2.37. The van der Waals surface area contributed by atoms with Gasteiger partial charge in [0.1, 0.15) is 5.75 Å². The van der Waals surface area contributed by atoms with Crippen molar-refractivity contribution in [1.29, 1.82) is 0 Å². The van der Waals surface area contributed by atoms with E-state index in [1.807, 2.05) is 24.3 Å². The van der Waals surface area contributed by atoms with Gasteiger partial charge in [0.15, 0.2) is 0 Å². The average molecular weight is 279 g/mol. The van der Waals surface area contributed by atoms with Gasteiger partial charge < -0.3 is 15.4 Å². The Labute approximate surface area is 120 Å². The molecule has 0 spiro atoms. The molecule has 0 saturated carbocycles. The minimum absolute atomic E-state index is 0.0228. The first-order valence-electron chi connectivity index (χ1n) is 6.47. The van der Waals surface area contributed by atoms with Crippen molar-refractivity contribution in [3.63, 3.8) is 0 Å². The molecule has 1 heterocycles. The second-order valence-electron chi connectivity index (χ2n) is 4.92. The van der Waals surface area contributed by atoms with Gasteiger partial charge in [0.2, 0.25) is 0 Å². The summed E-state index contributed by atoms with van der Waals surface area (Å²) in [5, 5.41) is 0. The lowest BCUT2D eigenvalue weighted by atomic mass is 10.0. The van der Waals surface area contributed by atoms with Crippen LogP contribution in [0.4, 0.5) is 0 Å². The van der Waals surface area contributed by atoms with Gasteiger partial charge in [-0.25, -0.2) is 0 Å². The molecule has 1 aliphatic heterocycles. The molecule has 0 aliphatic carbocycles. The fraction of sp³-hybridized carbons (Fsp3) is 0.500. The average Bonchev–Trinajstić information content (AvgIpc) is 2.42. The fourth-order valence-electron chi connectivity index (χ4n) is 2.42. The molecule has 1 unspecified atom stereocenters. The van der Waals surface area contributed by atoms with Crippen molar-refractivity contribution < 1.29 is 4.74 Å². The predicted octanol–water partition coefficient (Wildman–Crippen LogP) is 1.27. The molecule has 1 aromatic rings. The Bertz CT molecular complexity index is 427. The third-order valence-corrected chi connectivity index (χ3v) is 3.83.